The SMILES string of the molecule is Cc1cc(-c2c(Cl)n[nH]c2C)n[nH]1.Cl. The molecule has 2 N–H and O–H groups in total. The van der Waals surface area contributed by atoms with Gasteiger partial charge < -0.3 is 0 Å². The lowest BCUT2D eigenvalue weighted by atomic mass is 10.2. The van der Waals surface area contributed by atoms with Crippen LogP contribution in [0.5, 0.6) is 0 Å². The molecule has 0 aliphatic rings. The van der Waals surface area contributed by atoms with Crippen LogP contribution in [0.4, 0.5) is 0 Å². The normalized spacial score (nSPS) is 9.93. The first-order valence-electron chi connectivity index (χ1n) is 3.91. The Morgan fingerprint density at radius 1 is 1.21 bits per heavy atom. The van der Waals surface area contributed by atoms with Crippen molar-refractivity contribution >= 4 is 24.0 Å². The molecule has 0 atom stereocenters. The summed E-state index contributed by atoms with van der Waals surface area (Å²) in [6, 6.07) is 1.93. The predicted molar refractivity (Wildman–Crippen MR) is 57.9 cm³/mol. The number of aryl methyl sites for hydroxylation is 2. The molecule has 2 aromatic rings. The maximum absolute atomic E-state index is 5.89. The Bertz CT molecular complexity index is 413. The number of hydrogen-bond donors (Lipinski definition) is 2. The van der Waals surface area contributed by atoms with Gasteiger partial charge in [-0.25, -0.2) is 0 Å². The zero-order chi connectivity index (χ0) is 9.42. The molecule has 0 unspecified atom stereocenters. The molecule has 2 rings (SSSR count). The highest BCUT2D eigenvalue weighted by Gasteiger charge is 2.12. The first kappa shape index (κ1) is 11.1. The van der Waals surface area contributed by atoms with Crippen LogP contribution < -0.4 is 0 Å². The van der Waals surface area contributed by atoms with Crippen LogP contribution >= 0.6 is 24.0 Å². The molecule has 0 radical (unpaired) electrons. The van der Waals surface area contributed by atoms with Crippen molar-refractivity contribution in [3.63, 3.8) is 0 Å². The van der Waals surface area contributed by atoms with Crippen LogP contribution in [-0.4, -0.2) is 20.4 Å². The summed E-state index contributed by atoms with van der Waals surface area (Å²) in [5, 5.41) is 14.1. The van der Waals surface area contributed by atoms with Gasteiger partial charge in [0.2, 0.25) is 0 Å². The Kier molecular flexibility index (Phi) is 3.18. The summed E-state index contributed by atoms with van der Waals surface area (Å²) in [7, 11) is 0. The monoisotopic (exact) mass is 232 g/mol. The maximum atomic E-state index is 5.89. The van der Waals surface area contributed by atoms with Gasteiger partial charge >= 0.3 is 0 Å². The fourth-order valence-electron chi connectivity index (χ4n) is 1.24. The van der Waals surface area contributed by atoms with Crippen LogP contribution in [0.3, 0.4) is 0 Å². The Morgan fingerprint density at radius 3 is 2.36 bits per heavy atom. The van der Waals surface area contributed by atoms with E-state index < -0.39 is 0 Å². The lowest BCUT2D eigenvalue weighted by Crippen LogP contribution is -1.79. The number of aromatic amines is 2. The van der Waals surface area contributed by atoms with Crippen LogP contribution in [0.15, 0.2) is 6.07 Å². The van der Waals surface area contributed by atoms with E-state index >= 15 is 0 Å². The molecule has 2 heterocycles. The van der Waals surface area contributed by atoms with E-state index in [1.165, 1.54) is 0 Å². The summed E-state index contributed by atoms with van der Waals surface area (Å²) in [4.78, 5) is 0. The Labute approximate surface area is 92.5 Å². The minimum atomic E-state index is 0. The molecule has 0 spiro atoms. The highest BCUT2D eigenvalue weighted by molar-refractivity contribution is 6.32. The topological polar surface area (TPSA) is 57.4 Å². The molecular formula is C8H10Cl2N4. The van der Waals surface area contributed by atoms with Crippen molar-refractivity contribution in [3.05, 3.63) is 22.6 Å². The van der Waals surface area contributed by atoms with Gasteiger partial charge in [0.25, 0.3) is 0 Å². The predicted octanol–water partition coefficient (Wildman–Crippen LogP) is 2.49. The van der Waals surface area contributed by atoms with Crippen LogP contribution in [-0.2, 0) is 0 Å². The van der Waals surface area contributed by atoms with Crippen molar-refractivity contribution in [2.24, 2.45) is 0 Å². The van der Waals surface area contributed by atoms with Crippen molar-refractivity contribution in [3.8, 4) is 11.3 Å². The summed E-state index contributed by atoms with van der Waals surface area (Å²) in [6.45, 7) is 3.86. The van der Waals surface area contributed by atoms with E-state index in [2.05, 4.69) is 20.4 Å². The summed E-state index contributed by atoms with van der Waals surface area (Å²) in [6.07, 6.45) is 0. The average Bonchev–Trinajstić information content (AvgIpc) is 2.60. The van der Waals surface area contributed by atoms with E-state index in [9.17, 15) is 0 Å². The fraction of sp³-hybridized carbons (Fsp3) is 0.250. The third-order valence-corrected chi connectivity index (χ3v) is 2.14. The molecule has 4 nitrogen and oxygen atoms in total. The van der Waals surface area contributed by atoms with Gasteiger partial charge in [-0.2, -0.15) is 10.2 Å². The number of H-pyrrole nitrogens is 2. The second kappa shape index (κ2) is 4.02. The summed E-state index contributed by atoms with van der Waals surface area (Å²) < 4.78 is 0. The van der Waals surface area contributed by atoms with E-state index in [4.69, 9.17) is 11.6 Å². The second-order valence-electron chi connectivity index (χ2n) is 2.95. The number of halogens is 2. The van der Waals surface area contributed by atoms with E-state index in [-0.39, 0.29) is 12.4 Å². The van der Waals surface area contributed by atoms with Gasteiger partial charge in [-0.1, -0.05) is 11.6 Å². The smallest absolute Gasteiger partial charge is 0.160 e. The molecule has 0 aliphatic heterocycles. The number of nitrogens with zero attached hydrogens (tertiary/aromatic N) is 2. The van der Waals surface area contributed by atoms with Crippen LogP contribution in [0.25, 0.3) is 11.3 Å². The summed E-state index contributed by atoms with van der Waals surface area (Å²) in [5.41, 5.74) is 3.63. The molecule has 0 aromatic carbocycles. The van der Waals surface area contributed by atoms with Gasteiger partial charge in [0, 0.05) is 11.4 Å². The molecule has 6 heteroatoms. The van der Waals surface area contributed by atoms with Gasteiger partial charge in [0.15, 0.2) is 5.15 Å². The highest BCUT2D eigenvalue weighted by atomic mass is 35.5. The van der Waals surface area contributed by atoms with E-state index in [1.807, 2.05) is 19.9 Å². The van der Waals surface area contributed by atoms with E-state index in [1.54, 1.807) is 0 Å². The third kappa shape index (κ3) is 1.76. The Balaban J connectivity index is 0.000000980. The minimum Gasteiger partial charge on any atom is -0.282 e. The summed E-state index contributed by atoms with van der Waals surface area (Å²) in [5.74, 6) is 0. The number of aromatic nitrogens is 4. The van der Waals surface area contributed by atoms with Crippen LogP contribution in [0, 0.1) is 13.8 Å². The highest BCUT2D eigenvalue weighted by Crippen LogP contribution is 2.27. The molecule has 0 saturated carbocycles. The Hall–Kier alpha value is -1.00. The Morgan fingerprint density at radius 2 is 1.93 bits per heavy atom. The van der Waals surface area contributed by atoms with Crippen molar-refractivity contribution in [1.82, 2.24) is 20.4 Å². The average molecular weight is 233 g/mol. The molecule has 0 saturated heterocycles. The molecule has 14 heavy (non-hydrogen) atoms. The zero-order valence-electron chi connectivity index (χ0n) is 7.76. The summed E-state index contributed by atoms with van der Waals surface area (Å²) >= 11 is 5.89. The lowest BCUT2D eigenvalue weighted by Gasteiger charge is -1.91. The first-order valence-corrected chi connectivity index (χ1v) is 4.29. The molecule has 0 aliphatic carbocycles. The van der Waals surface area contributed by atoms with Crippen molar-refractivity contribution in [1.29, 1.82) is 0 Å². The largest absolute Gasteiger partial charge is 0.282 e. The molecule has 0 bridgehead atoms. The van der Waals surface area contributed by atoms with Crippen molar-refractivity contribution in [2.75, 3.05) is 0 Å². The third-order valence-electron chi connectivity index (χ3n) is 1.87. The van der Waals surface area contributed by atoms with E-state index in [0.717, 1.165) is 22.6 Å². The van der Waals surface area contributed by atoms with Crippen molar-refractivity contribution < 1.29 is 0 Å². The number of rotatable bonds is 1. The molecule has 0 amide bonds. The van der Waals surface area contributed by atoms with Crippen LogP contribution in [0.1, 0.15) is 11.4 Å². The van der Waals surface area contributed by atoms with Gasteiger partial charge in [0.1, 0.15) is 0 Å². The quantitative estimate of drug-likeness (QED) is 0.794. The van der Waals surface area contributed by atoms with Gasteiger partial charge in [-0.3, -0.25) is 10.2 Å². The number of hydrogen-bond acceptors (Lipinski definition) is 2. The standard InChI is InChI=1S/C8H9ClN4.ClH/c1-4-3-6(12-10-4)7-5(2)11-13-8(7)9;/h3H,1-2H3,(H,10,12)(H,11,13);1H. The van der Waals surface area contributed by atoms with Crippen molar-refractivity contribution in [2.45, 2.75) is 13.8 Å². The number of nitrogens with one attached hydrogen (secondary N) is 2. The molecule has 2 aromatic heterocycles. The minimum absolute atomic E-state index is 0. The maximum Gasteiger partial charge on any atom is 0.160 e. The van der Waals surface area contributed by atoms with Gasteiger partial charge in [-0.05, 0) is 19.9 Å². The van der Waals surface area contributed by atoms with Gasteiger partial charge in [-0.15, -0.1) is 12.4 Å². The molecular weight excluding hydrogens is 223 g/mol. The van der Waals surface area contributed by atoms with Gasteiger partial charge in [0.05, 0.1) is 11.3 Å². The van der Waals surface area contributed by atoms with E-state index in [0.29, 0.717) is 5.15 Å². The second-order valence-corrected chi connectivity index (χ2v) is 3.31. The molecule has 76 valence electrons. The zero-order valence-corrected chi connectivity index (χ0v) is 9.33. The van der Waals surface area contributed by atoms with Crippen LogP contribution in [0.2, 0.25) is 5.15 Å². The lowest BCUT2D eigenvalue weighted by molar-refractivity contribution is 1.04. The fourth-order valence-corrected chi connectivity index (χ4v) is 1.52. The molecule has 0 fully saturated rings. The first-order chi connectivity index (χ1) is 6.18.